The second-order valence-corrected chi connectivity index (χ2v) is 6.87. The largest absolute Gasteiger partial charge is 0.435 e. The first-order valence-corrected chi connectivity index (χ1v) is 8.36. The molecule has 0 aliphatic rings. The quantitative estimate of drug-likeness (QED) is 0.750. The van der Waals surface area contributed by atoms with E-state index in [1.807, 2.05) is 19.2 Å². The number of aryl methyl sites for hydroxylation is 1. The summed E-state index contributed by atoms with van der Waals surface area (Å²) in [7, 11) is 1.43. The highest BCUT2D eigenvalue weighted by Crippen LogP contribution is 2.37. The maximum atomic E-state index is 13.0. The predicted octanol–water partition coefficient (Wildman–Crippen LogP) is 2.92. The van der Waals surface area contributed by atoms with E-state index in [-0.39, 0.29) is 22.1 Å². The van der Waals surface area contributed by atoms with E-state index < -0.39 is 11.9 Å². The Balaban J connectivity index is 1.70. The summed E-state index contributed by atoms with van der Waals surface area (Å²) in [5, 5.41) is 10.3. The van der Waals surface area contributed by atoms with Crippen molar-refractivity contribution in [3.8, 4) is 0 Å². The van der Waals surface area contributed by atoms with Crippen LogP contribution in [0.2, 0.25) is 0 Å². The van der Waals surface area contributed by atoms with Crippen molar-refractivity contribution < 1.29 is 18.0 Å². The standard InChI is InChI=1S/C15H16F3N5OS/c1-9(8-23-5-3-4-20-23)7-19-13(24)11-6-10-12(15(16,17)18)21-22(2)14(10)25-11/h3-6,9H,7-8H2,1-2H3,(H,19,24). The van der Waals surface area contributed by atoms with Crippen LogP contribution in [-0.4, -0.2) is 32.0 Å². The molecule has 3 aromatic rings. The number of hydrogen-bond donors (Lipinski definition) is 1. The lowest BCUT2D eigenvalue weighted by Crippen LogP contribution is -2.29. The number of amides is 1. The van der Waals surface area contributed by atoms with Gasteiger partial charge in [0, 0.05) is 37.9 Å². The molecule has 1 amide bonds. The van der Waals surface area contributed by atoms with E-state index in [0.29, 0.717) is 17.9 Å². The van der Waals surface area contributed by atoms with Gasteiger partial charge in [-0.1, -0.05) is 6.92 Å². The fourth-order valence-electron chi connectivity index (χ4n) is 2.51. The second kappa shape index (κ2) is 6.51. The molecule has 25 heavy (non-hydrogen) atoms. The van der Waals surface area contributed by atoms with Gasteiger partial charge in [-0.15, -0.1) is 11.3 Å². The number of carbonyl (C=O) groups excluding carboxylic acids is 1. The molecule has 0 spiro atoms. The molecule has 1 atom stereocenters. The van der Waals surface area contributed by atoms with Crippen LogP contribution in [0.1, 0.15) is 22.3 Å². The van der Waals surface area contributed by atoms with Crippen molar-refractivity contribution in [3.63, 3.8) is 0 Å². The smallest absolute Gasteiger partial charge is 0.351 e. The van der Waals surface area contributed by atoms with E-state index in [1.54, 1.807) is 10.9 Å². The summed E-state index contributed by atoms with van der Waals surface area (Å²) in [5.41, 5.74) is -0.965. The van der Waals surface area contributed by atoms with Gasteiger partial charge in [0.1, 0.15) is 4.83 Å². The number of thiophene rings is 1. The normalized spacial score (nSPS) is 13.3. The molecular formula is C15H16F3N5OS. The number of fused-ring (bicyclic) bond motifs is 1. The lowest BCUT2D eigenvalue weighted by Gasteiger charge is -2.12. The van der Waals surface area contributed by atoms with Crippen molar-refractivity contribution in [2.75, 3.05) is 6.54 Å². The number of nitrogens with zero attached hydrogens (tertiary/aromatic N) is 4. The number of hydrogen-bond acceptors (Lipinski definition) is 4. The van der Waals surface area contributed by atoms with Gasteiger partial charge >= 0.3 is 6.18 Å². The summed E-state index contributed by atoms with van der Waals surface area (Å²) in [6.45, 7) is 3.00. The second-order valence-electron chi connectivity index (χ2n) is 5.84. The van der Waals surface area contributed by atoms with Crippen LogP contribution in [0.5, 0.6) is 0 Å². The zero-order chi connectivity index (χ0) is 18.2. The summed E-state index contributed by atoms with van der Waals surface area (Å²) in [6, 6.07) is 3.07. The molecule has 1 N–H and O–H groups in total. The van der Waals surface area contributed by atoms with E-state index in [1.165, 1.54) is 13.1 Å². The topological polar surface area (TPSA) is 64.7 Å². The summed E-state index contributed by atoms with van der Waals surface area (Å²) in [5.74, 6) is -0.257. The van der Waals surface area contributed by atoms with Crippen LogP contribution < -0.4 is 5.32 Å². The summed E-state index contributed by atoms with van der Waals surface area (Å²) >= 11 is 0.997. The lowest BCUT2D eigenvalue weighted by atomic mass is 10.2. The van der Waals surface area contributed by atoms with Gasteiger partial charge in [0.15, 0.2) is 5.69 Å². The lowest BCUT2D eigenvalue weighted by molar-refractivity contribution is -0.140. The molecule has 0 aromatic carbocycles. The van der Waals surface area contributed by atoms with E-state index in [0.717, 1.165) is 16.0 Å². The van der Waals surface area contributed by atoms with Crippen LogP contribution in [0.4, 0.5) is 13.2 Å². The van der Waals surface area contributed by atoms with Gasteiger partial charge in [0.05, 0.1) is 4.88 Å². The number of carbonyl (C=O) groups is 1. The Morgan fingerprint density at radius 2 is 2.20 bits per heavy atom. The monoisotopic (exact) mass is 371 g/mol. The first kappa shape index (κ1) is 17.5. The number of rotatable bonds is 5. The summed E-state index contributed by atoms with van der Waals surface area (Å²) in [6.07, 6.45) is -1.04. The molecule has 0 saturated carbocycles. The molecule has 3 aromatic heterocycles. The SMILES string of the molecule is CC(CNC(=O)c1cc2c(C(F)(F)F)nn(C)c2s1)Cn1cccn1. The minimum Gasteiger partial charge on any atom is -0.351 e. The first-order valence-electron chi connectivity index (χ1n) is 7.55. The van der Waals surface area contributed by atoms with Gasteiger partial charge < -0.3 is 5.32 Å². The van der Waals surface area contributed by atoms with Crippen molar-refractivity contribution >= 4 is 27.5 Å². The van der Waals surface area contributed by atoms with Crippen LogP contribution in [0.3, 0.4) is 0 Å². The molecule has 10 heteroatoms. The number of nitrogens with one attached hydrogen (secondary N) is 1. The fourth-order valence-corrected chi connectivity index (χ4v) is 3.50. The zero-order valence-electron chi connectivity index (χ0n) is 13.5. The minimum atomic E-state index is -4.55. The van der Waals surface area contributed by atoms with E-state index in [9.17, 15) is 18.0 Å². The molecule has 0 saturated heterocycles. The molecule has 1 unspecified atom stereocenters. The minimum absolute atomic E-state index is 0.0465. The first-order chi connectivity index (χ1) is 11.8. The molecule has 0 bridgehead atoms. The van der Waals surface area contributed by atoms with Gasteiger partial charge in [-0.2, -0.15) is 23.4 Å². The highest BCUT2D eigenvalue weighted by atomic mass is 32.1. The Morgan fingerprint density at radius 3 is 2.84 bits per heavy atom. The van der Waals surface area contributed by atoms with E-state index >= 15 is 0 Å². The van der Waals surface area contributed by atoms with Gasteiger partial charge in [-0.3, -0.25) is 14.2 Å². The van der Waals surface area contributed by atoms with Gasteiger partial charge in [0.25, 0.3) is 5.91 Å². The van der Waals surface area contributed by atoms with Gasteiger partial charge in [0.2, 0.25) is 0 Å². The highest BCUT2D eigenvalue weighted by Gasteiger charge is 2.37. The Hall–Kier alpha value is -2.36. The van der Waals surface area contributed by atoms with Crippen LogP contribution in [0.15, 0.2) is 24.5 Å². The third-order valence-corrected chi connectivity index (χ3v) is 4.87. The Morgan fingerprint density at radius 1 is 1.44 bits per heavy atom. The van der Waals surface area contributed by atoms with E-state index in [4.69, 9.17) is 0 Å². The number of halogens is 3. The molecule has 0 radical (unpaired) electrons. The number of aromatic nitrogens is 4. The average Bonchev–Trinajstić information content (AvgIpc) is 3.22. The van der Waals surface area contributed by atoms with Crippen molar-refractivity contribution in [1.82, 2.24) is 24.9 Å². The molecule has 134 valence electrons. The van der Waals surface area contributed by atoms with Gasteiger partial charge in [-0.25, -0.2) is 0 Å². The maximum absolute atomic E-state index is 13.0. The van der Waals surface area contributed by atoms with Crippen LogP contribution >= 0.6 is 11.3 Å². The summed E-state index contributed by atoms with van der Waals surface area (Å²) in [4.78, 5) is 12.8. The third kappa shape index (κ3) is 3.68. The third-order valence-electron chi connectivity index (χ3n) is 3.67. The predicted molar refractivity (Wildman–Crippen MR) is 87.3 cm³/mol. The molecule has 0 aliphatic carbocycles. The molecule has 3 heterocycles. The van der Waals surface area contributed by atoms with Crippen molar-refractivity contribution in [2.45, 2.75) is 19.6 Å². The molecule has 0 aliphatic heterocycles. The van der Waals surface area contributed by atoms with Crippen molar-refractivity contribution in [3.05, 3.63) is 35.1 Å². The van der Waals surface area contributed by atoms with Crippen molar-refractivity contribution in [1.29, 1.82) is 0 Å². The Kier molecular flexibility index (Phi) is 4.55. The molecule has 0 fully saturated rings. The van der Waals surface area contributed by atoms with E-state index in [2.05, 4.69) is 15.5 Å². The fraction of sp³-hybridized carbons (Fsp3) is 0.400. The van der Waals surface area contributed by atoms with Crippen LogP contribution in [0.25, 0.3) is 10.2 Å². The maximum Gasteiger partial charge on any atom is 0.435 e. The van der Waals surface area contributed by atoms with Gasteiger partial charge in [-0.05, 0) is 18.1 Å². The van der Waals surface area contributed by atoms with Crippen LogP contribution in [0, 0.1) is 5.92 Å². The zero-order valence-corrected chi connectivity index (χ0v) is 14.4. The molecule has 3 rings (SSSR count). The van der Waals surface area contributed by atoms with Crippen LogP contribution in [-0.2, 0) is 19.8 Å². The van der Waals surface area contributed by atoms with Crippen molar-refractivity contribution in [2.24, 2.45) is 13.0 Å². The Bertz CT molecular complexity index is 881. The molecular weight excluding hydrogens is 355 g/mol. The Labute approximate surface area is 145 Å². The highest BCUT2D eigenvalue weighted by molar-refractivity contribution is 7.20. The molecule has 6 nitrogen and oxygen atoms in total. The number of alkyl halides is 3. The summed E-state index contributed by atoms with van der Waals surface area (Å²) < 4.78 is 41.9. The average molecular weight is 371 g/mol.